The normalized spacial score (nSPS) is 34.2. The molecule has 0 aliphatic carbocycles. The Balaban J connectivity index is 2.44. The summed E-state index contributed by atoms with van der Waals surface area (Å²) in [6.45, 7) is 5.39. The minimum absolute atomic E-state index is 0.429. The zero-order valence-corrected chi connectivity index (χ0v) is 6.82. The van der Waals surface area contributed by atoms with Crippen molar-refractivity contribution < 1.29 is 0 Å². The molecule has 0 saturated carbocycles. The van der Waals surface area contributed by atoms with Crippen LogP contribution < -0.4 is 11.1 Å². The quantitative estimate of drug-likeness (QED) is 0.596. The molecule has 1 heterocycles. The second kappa shape index (κ2) is 3.35. The van der Waals surface area contributed by atoms with Crippen LogP contribution in [-0.4, -0.2) is 19.6 Å². The molecule has 1 atom stereocenters. The maximum absolute atomic E-state index is 5.71. The molecule has 10 heavy (non-hydrogen) atoms. The summed E-state index contributed by atoms with van der Waals surface area (Å²) in [6, 6.07) is 0. The second-order valence-electron chi connectivity index (χ2n) is 3.34. The molecule has 0 amide bonds. The van der Waals surface area contributed by atoms with Crippen molar-refractivity contribution in [2.75, 3.05) is 19.6 Å². The molecule has 2 heteroatoms. The zero-order valence-electron chi connectivity index (χ0n) is 6.82. The summed E-state index contributed by atoms with van der Waals surface area (Å²) in [5.41, 5.74) is 6.14. The molecular weight excluding hydrogens is 124 g/mol. The fraction of sp³-hybridized carbons (Fsp3) is 1.00. The first-order chi connectivity index (χ1) is 4.83. The Morgan fingerprint density at radius 1 is 1.60 bits per heavy atom. The van der Waals surface area contributed by atoms with E-state index in [9.17, 15) is 0 Å². The van der Waals surface area contributed by atoms with Crippen LogP contribution in [-0.2, 0) is 0 Å². The van der Waals surface area contributed by atoms with E-state index in [1.165, 1.54) is 25.8 Å². The SMILES string of the molecule is CCC1(CN)CCCNC1. The Hall–Kier alpha value is -0.0800. The van der Waals surface area contributed by atoms with Gasteiger partial charge in [-0.25, -0.2) is 0 Å². The van der Waals surface area contributed by atoms with Crippen LogP contribution in [0.15, 0.2) is 0 Å². The van der Waals surface area contributed by atoms with Gasteiger partial charge < -0.3 is 11.1 Å². The highest BCUT2D eigenvalue weighted by molar-refractivity contribution is 4.84. The third-order valence-corrected chi connectivity index (χ3v) is 2.74. The van der Waals surface area contributed by atoms with Crippen LogP contribution in [0, 0.1) is 5.41 Å². The number of piperidine rings is 1. The fourth-order valence-corrected chi connectivity index (χ4v) is 1.65. The summed E-state index contributed by atoms with van der Waals surface area (Å²) in [5.74, 6) is 0. The second-order valence-corrected chi connectivity index (χ2v) is 3.34. The van der Waals surface area contributed by atoms with Crippen molar-refractivity contribution in [1.29, 1.82) is 0 Å². The van der Waals surface area contributed by atoms with Crippen molar-refractivity contribution in [3.63, 3.8) is 0 Å². The van der Waals surface area contributed by atoms with Gasteiger partial charge in [0.05, 0.1) is 0 Å². The van der Waals surface area contributed by atoms with E-state index in [0.29, 0.717) is 5.41 Å². The van der Waals surface area contributed by atoms with Crippen LogP contribution >= 0.6 is 0 Å². The molecule has 1 unspecified atom stereocenters. The lowest BCUT2D eigenvalue weighted by Crippen LogP contribution is -2.44. The molecule has 1 aliphatic heterocycles. The van der Waals surface area contributed by atoms with Gasteiger partial charge in [0, 0.05) is 6.54 Å². The van der Waals surface area contributed by atoms with Crippen molar-refractivity contribution in [3.8, 4) is 0 Å². The maximum Gasteiger partial charge on any atom is 0.00198 e. The van der Waals surface area contributed by atoms with Gasteiger partial charge in [0.1, 0.15) is 0 Å². The van der Waals surface area contributed by atoms with Gasteiger partial charge in [0.2, 0.25) is 0 Å². The van der Waals surface area contributed by atoms with Crippen molar-refractivity contribution in [2.24, 2.45) is 11.1 Å². The van der Waals surface area contributed by atoms with E-state index in [1.54, 1.807) is 0 Å². The summed E-state index contributed by atoms with van der Waals surface area (Å²) in [6.07, 6.45) is 3.83. The number of hydrogen-bond donors (Lipinski definition) is 2. The monoisotopic (exact) mass is 142 g/mol. The zero-order chi connectivity index (χ0) is 7.45. The highest BCUT2D eigenvalue weighted by atomic mass is 14.9. The topological polar surface area (TPSA) is 38.0 Å². The van der Waals surface area contributed by atoms with Gasteiger partial charge in [0.25, 0.3) is 0 Å². The van der Waals surface area contributed by atoms with Gasteiger partial charge in [0.15, 0.2) is 0 Å². The lowest BCUT2D eigenvalue weighted by molar-refractivity contribution is 0.210. The molecule has 0 aromatic rings. The van der Waals surface area contributed by atoms with Gasteiger partial charge >= 0.3 is 0 Å². The molecule has 2 nitrogen and oxygen atoms in total. The van der Waals surface area contributed by atoms with Crippen molar-refractivity contribution in [1.82, 2.24) is 5.32 Å². The van der Waals surface area contributed by atoms with Crippen LogP contribution in [0.2, 0.25) is 0 Å². The third kappa shape index (κ3) is 1.50. The minimum atomic E-state index is 0.429. The minimum Gasteiger partial charge on any atom is -0.330 e. The van der Waals surface area contributed by atoms with Gasteiger partial charge in [-0.2, -0.15) is 0 Å². The van der Waals surface area contributed by atoms with E-state index in [4.69, 9.17) is 5.73 Å². The standard InChI is InChI=1S/C8H18N2/c1-2-8(6-9)4-3-5-10-7-8/h10H,2-7,9H2,1H3. The lowest BCUT2D eigenvalue weighted by Gasteiger charge is -2.35. The molecule has 60 valence electrons. The summed E-state index contributed by atoms with van der Waals surface area (Å²) < 4.78 is 0. The highest BCUT2D eigenvalue weighted by Gasteiger charge is 2.27. The smallest absolute Gasteiger partial charge is 0.00198 e. The van der Waals surface area contributed by atoms with Crippen molar-refractivity contribution in [2.45, 2.75) is 26.2 Å². The van der Waals surface area contributed by atoms with E-state index in [0.717, 1.165) is 13.1 Å². The van der Waals surface area contributed by atoms with Gasteiger partial charge in [-0.05, 0) is 37.8 Å². The van der Waals surface area contributed by atoms with Crippen LogP contribution in [0.1, 0.15) is 26.2 Å². The molecule has 1 rings (SSSR count). The Labute approximate surface area is 63.2 Å². The van der Waals surface area contributed by atoms with E-state index in [1.807, 2.05) is 0 Å². The Kier molecular flexibility index (Phi) is 2.69. The summed E-state index contributed by atoms with van der Waals surface area (Å²) >= 11 is 0. The van der Waals surface area contributed by atoms with Gasteiger partial charge in [-0.3, -0.25) is 0 Å². The molecular formula is C8H18N2. The fourth-order valence-electron chi connectivity index (χ4n) is 1.65. The van der Waals surface area contributed by atoms with Crippen LogP contribution in [0.25, 0.3) is 0 Å². The predicted octanol–water partition coefficient (Wildman–Crippen LogP) is 0.725. The average Bonchev–Trinajstić information content (AvgIpc) is 2.06. The van der Waals surface area contributed by atoms with Crippen LogP contribution in [0.3, 0.4) is 0 Å². The van der Waals surface area contributed by atoms with Gasteiger partial charge in [-0.15, -0.1) is 0 Å². The highest BCUT2D eigenvalue weighted by Crippen LogP contribution is 2.27. The molecule has 1 fully saturated rings. The lowest BCUT2D eigenvalue weighted by atomic mass is 9.78. The first-order valence-electron chi connectivity index (χ1n) is 4.24. The molecule has 1 saturated heterocycles. The Morgan fingerprint density at radius 3 is 2.70 bits per heavy atom. The number of nitrogens with two attached hydrogens (primary N) is 1. The Bertz CT molecular complexity index is 89.4. The summed E-state index contributed by atoms with van der Waals surface area (Å²) in [7, 11) is 0. The summed E-state index contributed by atoms with van der Waals surface area (Å²) in [4.78, 5) is 0. The summed E-state index contributed by atoms with van der Waals surface area (Å²) in [5, 5.41) is 3.40. The molecule has 0 spiro atoms. The number of nitrogens with one attached hydrogen (secondary N) is 1. The largest absolute Gasteiger partial charge is 0.330 e. The predicted molar refractivity (Wildman–Crippen MR) is 43.9 cm³/mol. The average molecular weight is 142 g/mol. The first-order valence-corrected chi connectivity index (χ1v) is 4.24. The first kappa shape index (κ1) is 8.02. The van der Waals surface area contributed by atoms with Crippen molar-refractivity contribution >= 4 is 0 Å². The van der Waals surface area contributed by atoms with E-state index < -0.39 is 0 Å². The Morgan fingerprint density at radius 2 is 2.40 bits per heavy atom. The maximum atomic E-state index is 5.71. The van der Waals surface area contributed by atoms with E-state index >= 15 is 0 Å². The molecule has 0 aromatic heterocycles. The molecule has 1 aliphatic rings. The molecule has 0 bridgehead atoms. The molecule has 3 N–H and O–H groups in total. The number of hydrogen-bond acceptors (Lipinski definition) is 2. The van der Waals surface area contributed by atoms with Crippen LogP contribution in [0.5, 0.6) is 0 Å². The third-order valence-electron chi connectivity index (χ3n) is 2.74. The molecule has 0 radical (unpaired) electrons. The number of rotatable bonds is 2. The van der Waals surface area contributed by atoms with E-state index in [-0.39, 0.29) is 0 Å². The van der Waals surface area contributed by atoms with Crippen molar-refractivity contribution in [3.05, 3.63) is 0 Å². The molecule has 0 aromatic carbocycles. The van der Waals surface area contributed by atoms with Gasteiger partial charge in [-0.1, -0.05) is 6.92 Å². The van der Waals surface area contributed by atoms with Crippen LogP contribution in [0.4, 0.5) is 0 Å². The van der Waals surface area contributed by atoms with E-state index in [2.05, 4.69) is 12.2 Å².